The van der Waals surface area contributed by atoms with E-state index in [9.17, 15) is 9.59 Å². The summed E-state index contributed by atoms with van der Waals surface area (Å²) in [5, 5.41) is 12.3. The molecular weight excluding hydrogens is 244 g/mol. The molecule has 1 aliphatic carbocycles. The molecule has 0 spiro atoms. The molecule has 0 radical (unpaired) electrons. The molecule has 1 fully saturated rings. The van der Waals surface area contributed by atoms with Crippen molar-refractivity contribution in [3.63, 3.8) is 0 Å². The number of carbonyl (C=O) groups excluding carboxylic acids is 1. The Morgan fingerprint density at radius 2 is 2.00 bits per heavy atom. The van der Waals surface area contributed by atoms with Gasteiger partial charge in [-0.15, -0.1) is 0 Å². The van der Waals surface area contributed by atoms with Crippen LogP contribution in [-0.2, 0) is 4.79 Å². The molecule has 1 aromatic rings. The van der Waals surface area contributed by atoms with Crippen molar-refractivity contribution in [2.24, 2.45) is 11.7 Å². The van der Waals surface area contributed by atoms with Gasteiger partial charge in [-0.2, -0.15) is 0 Å². The Balaban J connectivity index is 2.09. The number of carbonyl (C=O) groups is 2. The van der Waals surface area contributed by atoms with Gasteiger partial charge in [-0.05, 0) is 31.4 Å². The van der Waals surface area contributed by atoms with E-state index < -0.39 is 11.9 Å². The molecule has 0 heterocycles. The van der Waals surface area contributed by atoms with E-state index in [1.807, 2.05) is 6.07 Å². The highest BCUT2D eigenvalue weighted by atomic mass is 16.4. The molecule has 2 atom stereocenters. The number of hydrogen-bond donors (Lipinski definition) is 3. The molecule has 4 N–H and O–H groups in total. The van der Waals surface area contributed by atoms with E-state index in [-0.39, 0.29) is 12.0 Å². The molecule has 5 heteroatoms. The minimum absolute atomic E-state index is 0.0790. The lowest BCUT2D eigenvalue weighted by Gasteiger charge is -2.28. The van der Waals surface area contributed by atoms with Crippen LogP contribution < -0.4 is 11.1 Å². The molecule has 1 amide bonds. The molecule has 0 saturated heterocycles. The van der Waals surface area contributed by atoms with Gasteiger partial charge < -0.3 is 16.2 Å². The number of carboxylic acid groups (broad SMARTS) is 1. The second kappa shape index (κ2) is 5.73. The molecular formula is C14H18N2O3. The molecule has 19 heavy (non-hydrogen) atoms. The Bertz CT molecular complexity index is 487. The van der Waals surface area contributed by atoms with Crippen LogP contribution in [0.3, 0.4) is 0 Å². The van der Waals surface area contributed by atoms with Gasteiger partial charge in [-0.1, -0.05) is 18.6 Å². The maximum absolute atomic E-state index is 11.3. The zero-order valence-electron chi connectivity index (χ0n) is 10.6. The van der Waals surface area contributed by atoms with Gasteiger partial charge in [0.05, 0.1) is 11.5 Å². The van der Waals surface area contributed by atoms with Crippen molar-refractivity contribution in [3.05, 3.63) is 29.8 Å². The van der Waals surface area contributed by atoms with Gasteiger partial charge >= 0.3 is 5.97 Å². The zero-order valence-corrected chi connectivity index (χ0v) is 10.6. The van der Waals surface area contributed by atoms with Gasteiger partial charge in [-0.3, -0.25) is 9.59 Å². The van der Waals surface area contributed by atoms with Crippen LogP contribution in [0.4, 0.5) is 5.69 Å². The fourth-order valence-electron chi connectivity index (χ4n) is 2.59. The monoisotopic (exact) mass is 262 g/mol. The standard InChI is InChI=1S/C14H18N2O3/c15-13(17)11-6-1-2-7-12(11)16-10-5-3-4-9(8-10)14(18)19/h1-2,6-7,9-10,16H,3-5,8H2,(H2,15,17)(H,18,19). The van der Waals surface area contributed by atoms with E-state index in [4.69, 9.17) is 10.8 Å². The first-order valence-corrected chi connectivity index (χ1v) is 6.46. The van der Waals surface area contributed by atoms with Gasteiger partial charge in [0.1, 0.15) is 0 Å². The van der Waals surface area contributed by atoms with Gasteiger partial charge in [0.15, 0.2) is 0 Å². The maximum atomic E-state index is 11.3. The number of carboxylic acids is 1. The Kier molecular flexibility index (Phi) is 4.04. The number of hydrogen-bond acceptors (Lipinski definition) is 3. The van der Waals surface area contributed by atoms with Crippen LogP contribution in [0.1, 0.15) is 36.0 Å². The van der Waals surface area contributed by atoms with Crippen molar-refractivity contribution in [2.75, 3.05) is 5.32 Å². The quantitative estimate of drug-likeness (QED) is 0.772. The fraction of sp³-hybridized carbons (Fsp3) is 0.429. The summed E-state index contributed by atoms with van der Waals surface area (Å²) in [4.78, 5) is 22.3. The van der Waals surface area contributed by atoms with Crippen molar-refractivity contribution in [1.29, 1.82) is 0 Å². The highest BCUT2D eigenvalue weighted by Crippen LogP contribution is 2.27. The largest absolute Gasteiger partial charge is 0.481 e. The van der Waals surface area contributed by atoms with Crippen LogP contribution in [0.15, 0.2) is 24.3 Å². The van der Waals surface area contributed by atoms with Crippen LogP contribution in [0.25, 0.3) is 0 Å². The number of amides is 1. The number of rotatable bonds is 4. The molecule has 5 nitrogen and oxygen atoms in total. The van der Waals surface area contributed by atoms with Gasteiger partial charge in [0, 0.05) is 11.7 Å². The number of nitrogens with two attached hydrogens (primary N) is 1. The molecule has 1 aromatic carbocycles. The van der Waals surface area contributed by atoms with Gasteiger partial charge in [0.25, 0.3) is 5.91 Å². The van der Waals surface area contributed by atoms with Crippen molar-refractivity contribution < 1.29 is 14.7 Å². The maximum Gasteiger partial charge on any atom is 0.306 e. The molecule has 0 bridgehead atoms. The summed E-state index contributed by atoms with van der Waals surface area (Å²) in [6.45, 7) is 0. The summed E-state index contributed by atoms with van der Waals surface area (Å²) in [7, 11) is 0. The second-order valence-electron chi connectivity index (χ2n) is 4.95. The van der Waals surface area contributed by atoms with Crippen molar-refractivity contribution in [1.82, 2.24) is 0 Å². The third-order valence-corrected chi connectivity index (χ3v) is 3.58. The number of primary amides is 1. The predicted molar refractivity (Wildman–Crippen MR) is 72.0 cm³/mol. The van der Waals surface area contributed by atoms with E-state index in [1.165, 1.54) is 0 Å². The van der Waals surface area contributed by atoms with Crippen molar-refractivity contribution >= 4 is 17.6 Å². The fourth-order valence-corrected chi connectivity index (χ4v) is 2.59. The van der Waals surface area contributed by atoms with E-state index in [0.29, 0.717) is 17.7 Å². The number of anilines is 1. The number of nitrogens with one attached hydrogen (secondary N) is 1. The summed E-state index contributed by atoms with van der Waals surface area (Å²) in [5.74, 6) is -1.52. The van der Waals surface area contributed by atoms with Crippen molar-refractivity contribution in [3.8, 4) is 0 Å². The van der Waals surface area contributed by atoms with Gasteiger partial charge in [-0.25, -0.2) is 0 Å². The molecule has 1 saturated carbocycles. The average Bonchev–Trinajstić information content (AvgIpc) is 2.39. The Hall–Kier alpha value is -2.04. The smallest absolute Gasteiger partial charge is 0.306 e. The van der Waals surface area contributed by atoms with Crippen molar-refractivity contribution in [2.45, 2.75) is 31.7 Å². The van der Waals surface area contributed by atoms with E-state index in [0.717, 1.165) is 19.3 Å². The predicted octanol–water partition coefficient (Wildman–Crippen LogP) is 1.84. The number of aliphatic carboxylic acids is 1. The summed E-state index contributed by atoms with van der Waals surface area (Å²) >= 11 is 0. The highest BCUT2D eigenvalue weighted by Gasteiger charge is 2.27. The lowest BCUT2D eigenvalue weighted by molar-refractivity contribution is -0.142. The molecule has 0 aromatic heterocycles. The van der Waals surface area contributed by atoms with Crippen LogP contribution >= 0.6 is 0 Å². The minimum Gasteiger partial charge on any atom is -0.481 e. The molecule has 102 valence electrons. The first kappa shape index (κ1) is 13.4. The molecule has 0 aliphatic heterocycles. The lowest BCUT2D eigenvalue weighted by Crippen LogP contribution is -2.31. The average molecular weight is 262 g/mol. The van der Waals surface area contributed by atoms with E-state index in [2.05, 4.69) is 5.32 Å². The molecule has 1 aliphatic rings. The summed E-state index contributed by atoms with van der Waals surface area (Å²) in [5.41, 5.74) is 6.45. The Morgan fingerprint density at radius 3 is 2.68 bits per heavy atom. The zero-order chi connectivity index (χ0) is 13.8. The first-order valence-electron chi connectivity index (χ1n) is 6.46. The highest BCUT2D eigenvalue weighted by molar-refractivity contribution is 5.98. The SMILES string of the molecule is NC(=O)c1ccccc1NC1CCCC(C(=O)O)C1. The number of para-hydroxylation sites is 1. The van der Waals surface area contributed by atoms with Crippen LogP contribution in [0.5, 0.6) is 0 Å². The third kappa shape index (κ3) is 3.24. The Labute approximate surface area is 111 Å². The first-order chi connectivity index (χ1) is 9.08. The van der Waals surface area contributed by atoms with Gasteiger partial charge in [0.2, 0.25) is 0 Å². The summed E-state index contributed by atoms with van der Waals surface area (Å²) in [6.07, 6.45) is 3.11. The topological polar surface area (TPSA) is 92.4 Å². The lowest BCUT2D eigenvalue weighted by atomic mass is 9.85. The summed E-state index contributed by atoms with van der Waals surface area (Å²) in [6, 6.07) is 7.13. The van der Waals surface area contributed by atoms with Crippen LogP contribution in [-0.4, -0.2) is 23.0 Å². The third-order valence-electron chi connectivity index (χ3n) is 3.58. The summed E-state index contributed by atoms with van der Waals surface area (Å²) < 4.78 is 0. The van der Waals surface area contributed by atoms with E-state index >= 15 is 0 Å². The molecule has 2 rings (SSSR count). The minimum atomic E-state index is -0.741. The van der Waals surface area contributed by atoms with E-state index in [1.54, 1.807) is 18.2 Å². The number of benzene rings is 1. The van der Waals surface area contributed by atoms with Crippen LogP contribution in [0.2, 0.25) is 0 Å². The second-order valence-corrected chi connectivity index (χ2v) is 4.95. The Morgan fingerprint density at radius 1 is 1.26 bits per heavy atom. The molecule has 2 unspecified atom stereocenters. The normalized spacial score (nSPS) is 22.7. The van der Waals surface area contributed by atoms with Crippen LogP contribution in [0, 0.1) is 5.92 Å².